The standard InChI is InChI=1S/C22H24FN3O/c23-18-7-5-16(6-8-18)21-19-4-2-1-3-15(19)10-12-26(21)22-25-14-17-13-24-11-9-20(17)27-22/h1-8,17,20-21,24H,9-14H2/t17-,20-,21+/m1/s1. The zero-order chi connectivity index (χ0) is 18.2. The maximum atomic E-state index is 13.5. The number of nitrogens with one attached hydrogen (secondary N) is 1. The fourth-order valence-corrected chi connectivity index (χ4v) is 4.54. The molecule has 5 rings (SSSR count). The monoisotopic (exact) mass is 365 g/mol. The van der Waals surface area contributed by atoms with E-state index in [9.17, 15) is 4.39 Å². The first-order chi connectivity index (χ1) is 13.3. The van der Waals surface area contributed by atoms with Gasteiger partial charge >= 0.3 is 0 Å². The van der Waals surface area contributed by atoms with Crippen LogP contribution in [0.1, 0.15) is 29.2 Å². The van der Waals surface area contributed by atoms with Gasteiger partial charge in [0.15, 0.2) is 0 Å². The highest BCUT2D eigenvalue weighted by Gasteiger charge is 2.37. The molecule has 3 atom stereocenters. The van der Waals surface area contributed by atoms with E-state index in [1.165, 1.54) is 23.3 Å². The van der Waals surface area contributed by atoms with Crippen LogP contribution in [0.4, 0.5) is 4.39 Å². The second-order valence-corrected chi connectivity index (χ2v) is 7.63. The van der Waals surface area contributed by atoms with Crippen LogP contribution in [0, 0.1) is 11.7 Å². The van der Waals surface area contributed by atoms with Gasteiger partial charge in [-0.2, -0.15) is 0 Å². The first kappa shape index (κ1) is 16.8. The number of halogens is 1. The summed E-state index contributed by atoms with van der Waals surface area (Å²) in [7, 11) is 0. The van der Waals surface area contributed by atoms with E-state index in [0.717, 1.165) is 50.6 Å². The van der Waals surface area contributed by atoms with Crippen molar-refractivity contribution < 1.29 is 9.13 Å². The normalized spacial score (nSPS) is 27.2. The Bertz CT molecular complexity index is 851. The van der Waals surface area contributed by atoms with Crippen LogP contribution in [-0.4, -0.2) is 43.2 Å². The minimum Gasteiger partial charge on any atom is -0.461 e. The van der Waals surface area contributed by atoms with E-state index >= 15 is 0 Å². The van der Waals surface area contributed by atoms with Crippen LogP contribution < -0.4 is 5.32 Å². The van der Waals surface area contributed by atoms with Gasteiger partial charge in [-0.15, -0.1) is 0 Å². The van der Waals surface area contributed by atoms with Crippen LogP contribution >= 0.6 is 0 Å². The first-order valence-corrected chi connectivity index (χ1v) is 9.81. The van der Waals surface area contributed by atoms with E-state index in [-0.39, 0.29) is 18.0 Å². The van der Waals surface area contributed by atoms with E-state index < -0.39 is 0 Å². The molecular weight excluding hydrogens is 341 g/mol. The molecule has 5 heteroatoms. The Labute approximate surface area is 159 Å². The fourth-order valence-electron chi connectivity index (χ4n) is 4.54. The largest absolute Gasteiger partial charge is 0.461 e. The van der Waals surface area contributed by atoms with Crippen LogP contribution in [0.3, 0.4) is 0 Å². The summed E-state index contributed by atoms with van der Waals surface area (Å²) in [5.74, 6) is 0.252. The van der Waals surface area contributed by atoms with E-state index in [0.29, 0.717) is 5.92 Å². The SMILES string of the molecule is Fc1ccc([C@H]2c3ccccc3CCN2C2=NC[C@H]3CNCC[C@H]3O2)cc1. The summed E-state index contributed by atoms with van der Waals surface area (Å²) in [6.45, 7) is 3.64. The molecule has 1 fully saturated rings. The molecule has 0 saturated carbocycles. The molecule has 2 aromatic carbocycles. The van der Waals surface area contributed by atoms with E-state index in [1.807, 2.05) is 12.1 Å². The summed E-state index contributed by atoms with van der Waals surface area (Å²) >= 11 is 0. The molecule has 0 aromatic heterocycles. The van der Waals surface area contributed by atoms with Gasteiger partial charge in [-0.1, -0.05) is 36.4 Å². The number of fused-ring (bicyclic) bond motifs is 2. The van der Waals surface area contributed by atoms with Gasteiger partial charge in [0.1, 0.15) is 11.9 Å². The van der Waals surface area contributed by atoms with Crippen LogP contribution in [0.25, 0.3) is 0 Å². The average Bonchev–Trinajstić information content (AvgIpc) is 2.73. The zero-order valence-electron chi connectivity index (χ0n) is 15.3. The molecule has 3 aliphatic rings. The van der Waals surface area contributed by atoms with Gasteiger partial charge < -0.3 is 15.0 Å². The minimum absolute atomic E-state index is 0.00701. The molecule has 0 spiro atoms. The lowest BCUT2D eigenvalue weighted by molar-refractivity contribution is 0.0522. The molecule has 3 aliphatic heterocycles. The Hall–Kier alpha value is -2.40. The maximum Gasteiger partial charge on any atom is 0.288 e. The van der Waals surface area contributed by atoms with Gasteiger partial charge in [0.2, 0.25) is 0 Å². The summed E-state index contributed by atoms with van der Waals surface area (Å²) < 4.78 is 19.9. The molecule has 27 heavy (non-hydrogen) atoms. The Morgan fingerprint density at radius 1 is 1.11 bits per heavy atom. The summed E-state index contributed by atoms with van der Waals surface area (Å²) in [5.41, 5.74) is 3.68. The molecule has 0 unspecified atom stereocenters. The van der Waals surface area contributed by atoms with Gasteiger partial charge in [0.25, 0.3) is 6.02 Å². The minimum atomic E-state index is -0.210. The molecule has 1 saturated heterocycles. The highest BCUT2D eigenvalue weighted by molar-refractivity contribution is 5.76. The summed E-state index contributed by atoms with van der Waals surface area (Å²) in [5, 5.41) is 3.43. The number of aliphatic imine (C=N–C) groups is 1. The molecule has 1 N–H and O–H groups in total. The molecule has 0 radical (unpaired) electrons. The zero-order valence-corrected chi connectivity index (χ0v) is 15.3. The number of ether oxygens (including phenoxy) is 1. The second kappa shape index (κ2) is 6.97. The van der Waals surface area contributed by atoms with Crippen molar-refractivity contribution in [2.45, 2.75) is 25.0 Å². The van der Waals surface area contributed by atoms with Crippen molar-refractivity contribution in [3.8, 4) is 0 Å². The number of amidine groups is 1. The van der Waals surface area contributed by atoms with Crippen molar-refractivity contribution in [2.75, 3.05) is 26.2 Å². The highest BCUT2D eigenvalue weighted by atomic mass is 19.1. The van der Waals surface area contributed by atoms with Gasteiger partial charge in [0.05, 0.1) is 12.6 Å². The predicted octanol–water partition coefficient (Wildman–Crippen LogP) is 3.14. The lowest BCUT2D eigenvalue weighted by Gasteiger charge is -2.43. The third kappa shape index (κ3) is 3.10. The number of nitrogens with zero attached hydrogens (tertiary/aromatic N) is 2. The van der Waals surface area contributed by atoms with Crippen LogP contribution in [0.15, 0.2) is 53.5 Å². The molecule has 4 nitrogen and oxygen atoms in total. The van der Waals surface area contributed by atoms with Gasteiger partial charge in [-0.3, -0.25) is 0 Å². The molecular formula is C22H24FN3O. The van der Waals surface area contributed by atoms with Crippen molar-refractivity contribution in [1.29, 1.82) is 0 Å². The molecule has 0 bridgehead atoms. The lowest BCUT2D eigenvalue weighted by Crippen LogP contribution is -2.51. The number of rotatable bonds is 1. The van der Waals surface area contributed by atoms with Crippen LogP contribution in [0.5, 0.6) is 0 Å². The lowest BCUT2D eigenvalue weighted by atomic mass is 9.88. The highest BCUT2D eigenvalue weighted by Crippen LogP contribution is 2.37. The second-order valence-electron chi connectivity index (χ2n) is 7.63. The number of hydrogen-bond acceptors (Lipinski definition) is 4. The molecule has 0 amide bonds. The topological polar surface area (TPSA) is 36.9 Å². The first-order valence-electron chi connectivity index (χ1n) is 9.81. The third-order valence-corrected chi connectivity index (χ3v) is 5.97. The number of benzene rings is 2. The Morgan fingerprint density at radius 2 is 1.96 bits per heavy atom. The van der Waals surface area contributed by atoms with Crippen molar-refractivity contribution >= 4 is 6.02 Å². The van der Waals surface area contributed by atoms with Gasteiger partial charge in [0, 0.05) is 19.0 Å². The maximum absolute atomic E-state index is 13.5. The van der Waals surface area contributed by atoms with E-state index in [1.54, 1.807) is 0 Å². The quantitative estimate of drug-likeness (QED) is 0.844. The van der Waals surface area contributed by atoms with Crippen LogP contribution in [0.2, 0.25) is 0 Å². The van der Waals surface area contributed by atoms with Crippen molar-refractivity contribution in [1.82, 2.24) is 10.2 Å². The van der Waals surface area contributed by atoms with E-state index in [4.69, 9.17) is 9.73 Å². The summed E-state index contributed by atoms with van der Waals surface area (Å²) in [6, 6.07) is 16.1. The van der Waals surface area contributed by atoms with E-state index in [2.05, 4.69) is 34.5 Å². The summed E-state index contributed by atoms with van der Waals surface area (Å²) in [6.07, 6.45) is 2.23. The van der Waals surface area contributed by atoms with Gasteiger partial charge in [-0.25, -0.2) is 9.38 Å². The van der Waals surface area contributed by atoms with Crippen molar-refractivity contribution in [3.05, 3.63) is 71.0 Å². The van der Waals surface area contributed by atoms with Crippen molar-refractivity contribution in [2.24, 2.45) is 10.9 Å². The number of piperidine rings is 1. The third-order valence-electron chi connectivity index (χ3n) is 5.97. The van der Waals surface area contributed by atoms with Gasteiger partial charge in [-0.05, 0) is 48.2 Å². The Kier molecular flexibility index (Phi) is 4.32. The smallest absolute Gasteiger partial charge is 0.288 e. The molecule has 3 heterocycles. The number of hydrogen-bond donors (Lipinski definition) is 1. The van der Waals surface area contributed by atoms with Crippen molar-refractivity contribution in [3.63, 3.8) is 0 Å². The Balaban J connectivity index is 1.52. The molecule has 140 valence electrons. The Morgan fingerprint density at radius 3 is 2.85 bits per heavy atom. The predicted molar refractivity (Wildman–Crippen MR) is 103 cm³/mol. The summed E-state index contributed by atoms with van der Waals surface area (Å²) in [4.78, 5) is 7.08. The van der Waals surface area contributed by atoms with Crippen LogP contribution in [-0.2, 0) is 11.2 Å². The molecule has 0 aliphatic carbocycles. The molecule has 2 aromatic rings. The average molecular weight is 365 g/mol. The fraction of sp³-hybridized carbons (Fsp3) is 0.409.